The summed E-state index contributed by atoms with van der Waals surface area (Å²) in [6.07, 6.45) is 1.56. The highest BCUT2D eigenvalue weighted by atomic mass is 32.2. The predicted molar refractivity (Wildman–Crippen MR) is 145 cm³/mol. The summed E-state index contributed by atoms with van der Waals surface area (Å²) in [5.41, 5.74) is 1.79. The second-order valence-corrected chi connectivity index (χ2v) is 11.4. The number of ether oxygens (including phenoxy) is 2. The molecule has 11 heteroatoms. The Morgan fingerprint density at radius 2 is 1.61 bits per heavy atom. The van der Waals surface area contributed by atoms with Gasteiger partial charge in [-0.05, 0) is 49.4 Å². The van der Waals surface area contributed by atoms with E-state index in [2.05, 4.69) is 10.2 Å². The number of hydrogen-bond acceptors (Lipinski definition) is 8. The molecule has 5 aromatic rings. The lowest BCUT2D eigenvalue weighted by Gasteiger charge is -2.13. The van der Waals surface area contributed by atoms with Crippen molar-refractivity contribution in [1.82, 2.24) is 18.7 Å². The van der Waals surface area contributed by atoms with E-state index >= 15 is 0 Å². The lowest BCUT2D eigenvalue weighted by molar-refractivity contribution is -0.139. The number of esters is 1. The topological polar surface area (TPSA) is 105 Å². The van der Waals surface area contributed by atoms with Gasteiger partial charge < -0.3 is 9.47 Å². The number of thioether (sulfide) groups is 1. The molecule has 0 fully saturated rings. The zero-order valence-electron chi connectivity index (χ0n) is 20.8. The summed E-state index contributed by atoms with van der Waals surface area (Å²) in [6.45, 7) is 1.72. The number of benzene rings is 3. The van der Waals surface area contributed by atoms with Crippen molar-refractivity contribution in [3.63, 3.8) is 0 Å². The monoisotopic (exact) mass is 548 g/mol. The van der Waals surface area contributed by atoms with Crippen LogP contribution in [0.2, 0.25) is 0 Å². The average Bonchev–Trinajstić information content (AvgIpc) is 3.55. The third-order valence-electron chi connectivity index (χ3n) is 6.00. The van der Waals surface area contributed by atoms with Gasteiger partial charge in [-0.1, -0.05) is 48.2 Å². The van der Waals surface area contributed by atoms with E-state index < -0.39 is 21.2 Å². The number of carbonyl (C=O) groups excluding carboxylic acids is 1. The second kappa shape index (κ2) is 10.3. The molecule has 0 saturated heterocycles. The molecule has 2 heterocycles. The Morgan fingerprint density at radius 3 is 2.29 bits per heavy atom. The van der Waals surface area contributed by atoms with Crippen molar-refractivity contribution in [2.75, 3.05) is 14.2 Å². The minimum atomic E-state index is -3.89. The van der Waals surface area contributed by atoms with Gasteiger partial charge in [0.1, 0.15) is 11.0 Å². The zero-order chi connectivity index (χ0) is 26.9. The van der Waals surface area contributed by atoms with Gasteiger partial charge in [-0.2, -0.15) is 0 Å². The van der Waals surface area contributed by atoms with Crippen molar-refractivity contribution in [3.8, 4) is 22.8 Å². The third-order valence-corrected chi connectivity index (χ3v) is 8.71. The fourth-order valence-electron chi connectivity index (χ4n) is 4.09. The highest BCUT2D eigenvalue weighted by Crippen LogP contribution is 2.36. The first-order valence-corrected chi connectivity index (χ1v) is 13.9. The molecule has 0 aliphatic heterocycles. The SMILES string of the molecule is COC(=O)[C@@H](C)Sc1nnc(-c2cn(S(=O)(=O)c3ccccc3)c3ccccc23)n1-c1ccc(OC)cc1. The number of para-hydroxylation sites is 1. The van der Waals surface area contributed by atoms with Gasteiger partial charge in [0, 0.05) is 22.8 Å². The van der Waals surface area contributed by atoms with Crippen molar-refractivity contribution < 1.29 is 22.7 Å². The van der Waals surface area contributed by atoms with Crippen LogP contribution >= 0.6 is 11.8 Å². The molecule has 0 radical (unpaired) electrons. The maximum Gasteiger partial charge on any atom is 0.318 e. The lowest BCUT2D eigenvalue weighted by Crippen LogP contribution is -2.15. The molecule has 0 spiro atoms. The molecule has 194 valence electrons. The third kappa shape index (κ3) is 4.54. The average molecular weight is 549 g/mol. The first kappa shape index (κ1) is 25.6. The van der Waals surface area contributed by atoms with E-state index in [0.717, 1.165) is 0 Å². The number of carbonyl (C=O) groups is 1. The van der Waals surface area contributed by atoms with Crippen LogP contribution < -0.4 is 4.74 Å². The van der Waals surface area contributed by atoms with Crippen LogP contribution in [0.1, 0.15) is 6.92 Å². The number of hydrogen-bond donors (Lipinski definition) is 0. The van der Waals surface area contributed by atoms with Crippen LogP contribution in [0.3, 0.4) is 0 Å². The number of fused-ring (bicyclic) bond motifs is 1. The van der Waals surface area contributed by atoms with Crippen LogP contribution in [0.15, 0.2) is 95.1 Å². The van der Waals surface area contributed by atoms with Crippen LogP contribution in [0.4, 0.5) is 0 Å². The van der Waals surface area contributed by atoms with Crippen molar-refractivity contribution in [3.05, 3.63) is 85.1 Å². The van der Waals surface area contributed by atoms with Gasteiger partial charge in [-0.3, -0.25) is 9.36 Å². The molecule has 0 aliphatic rings. The summed E-state index contributed by atoms with van der Waals surface area (Å²) in [5.74, 6) is 0.699. The lowest BCUT2D eigenvalue weighted by atomic mass is 10.1. The standard InChI is InChI=1S/C27H24N4O5S2/c1-18(26(32)36-3)37-27-29-28-25(31(27)19-13-15-20(35-2)16-14-19)23-17-30(24-12-8-7-11-22(23)24)38(33,34)21-9-5-4-6-10-21/h4-18H,1-3H3/t18-/m1/s1. The van der Waals surface area contributed by atoms with E-state index in [4.69, 9.17) is 9.47 Å². The molecule has 0 aliphatic carbocycles. The van der Waals surface area contributed by atoms with Crippen molar-refractivity contribution in [1.29, 1.82) is 0 Å². The van der Waals surface area contributed by atoms with Gasteiger partial charge >= 0.3 is 5.97 Å². The van der Waals surface area contributed by atoms with E-state index in [0.29, 0.717) is 38.9 Å². The summed E-state index contributed by atoms with van der Waals surface area (Å²) in [7, 11) is -0.971. The molecule has 38 heavy (non-hydrogen) atoms. The predicted octanol–water partition coefficient (Wildman–Crippen LogP) is 4.79. The number of methoxy groups -OCH3 is 2. The molecule has 5 rings (SSSR count). The zero-order valence-corrected chi connectivity index (χ0v) is 22.4. The molecule has 1 atom stereocenters. The smallest absolute Gasteiger partial charge is 0.318 e. The van der Waals surface area contributed by atoms with Gasteiger partial charge in [-0.15, -0.1) is 10.2 Å². The van der Waals surface area contributed by atoms with Crippen molar-refractivity contribution >= 4 is 38.7 Å². The molecule has 9 nitrogen and oxygen atoms in total. The fraction of sp³-hybridized carbons (Fsp3) is 0.148. The van der Waals surface area contributed by atoms with Crippen molar-refractivity contribution in [2.45, 2.75) is 22.2 Å². The maximum absolute atomic E-state index is 13.6. The fourth-order valence-corrected chi connectivity index (χ4v) is 6.37. The van der Waals surface area contributed by atoms with Gasteiger partial charge in [0.15, 0.2) is 11.0 Å². The Hall–Kier alpha value is -4.09. The van der Waals surface area contributed by atoms with E-state index in [1.807, 2.05) is 24.3 Å². The van der Waals surface area contributed by atoms with Crippen LogP contribution in [0, 0.1) is 0 Å². The largest absolute Gasteiger partial charge is 0.497 e. The van der Waals surface area contributed by atoms with E-state index in [1.165, 1.54) is 22.8 Å². The van der Waals surface area contributed by atoms with Crippen molar-refractivity contribution in [2.24, 2.45) is 0 Å². The molecule has 0 unspecified atom stereocenters. The number of aromatic nitrogens is 4. The molecule has 0 bridgehead atoms. The van der Waals surface area contributed by atoms with Gasteiger partial charge in [0.05, 0.1) is 24.6 Å². The summed E-state index contributed by atoms with van der Waals surface area (Å²) in [4.78, 5) is 12.3. The summed E-state index contributed by atoms with van der Waals surface area (Å²) < 4.78 is 40.5. The summed E-state index contributed by atoms with van der Waals surface area (Å²) in [5, 5.41) is 9.43. The minimum Gasteiger partial charge on any atom is -0.497 e. The molecular weight excluding hydrogens is 524 g/mol. The molecule has 2 aromatic heterocycles. The number of nitrogens with zero attached hydrogens (tertiary/aromatic N) is 4. The van der Waals surface area contributed by atoms with Gasteiger partial charge in [0.2, 0.25) is 0 Å². The Labute approximate surface area is 224 Å². The van der Waals surface area contributed by atoms with Crippen LogP contribution in [-0.2, 0) is 19.6 Å². The second-order valence-electron chi connectivity index (χ2n) is 8.30. The summed E-state index contributed by atoms with van der Waals surface area (Å²) in [6, 6.07) is 22.8. The Morgan fingerprint density at radius 1 is 0.921 bits per heavy atom. The first-order chi connectivity index (χ1) is 18.3. The minimum absolute atomic E-state index is 0.173. The Bertz CT molecular complexity index is 1710. The van der Waals surface area contributed by atoms with Crippen LogP contribution in [0.25, 0.3) is 28.0 Å². The molecular formula is C27H24N4O5S2. The normalized spacial score (nSPS) is 12.4. The van der Waals surface area contributed by atoms with E-state index in [1.54, 1.807) is 79.4 Å². The molecule has 0 saturated carbocycles. The molecule has 0 N–H and O–H groups in total. The van der Waals surface area contributed by atoms with E-state index in [9.17, 15) is 13.2 Å². The van der Waals surface area contributed by atoms with Crippen LogP contribution in [-0.4, -0.2) is 52.6 Å². The summed E-state index contributed by atoms with van der Waals surface area (Å²) >= 11 is 1.20. The van der Waals surface area contributed by atoms with E-state index in [-0.39, 0.29) is 4.90 Å². The maximum atomic E-state index is 13.6. The van der Waals surface area contributed by atoms with Gasteiger partial charge in [-0.25, -0.2) is 12.4 Å². The molecule has 0 amide bonds. The van der Waals surface area contributed by atoms with Gasteiger partial charge in [0.25, 0.3) is 10.0 Å². The van der Waals surface area contributed by atoms with Crippen LogP contribution in [0.5, 0.6) is 5.75 Å². The highest BCUT2D eigenvalue weighted by Gasteiger charge is 2.27. The highest BCUT2D eigenvalue weighted by molar-refractivity contribution is 8.00. The molecule has 3 aromatic carbocycles. The first-order valence-electron chi connectivity index (χ1n) is 11.6. The quantitative estimate of drug-likeness (QED) is 0.201. The Balaban J connectivity index is 1.73. The Kier molecular flexibility index (Phi) is 6.96. The number of rotatable bonds is 8.